The van der Waals surface area contributed by atoms with Gasteiger partial charge in [-0.3, -0.25) is 0 Å². The van der Waals surface area contributed by atoms with E-state index in [2.05, 4.69) is 205 Å². The normalized spacial score (nSPS) is 11.9. The molecule has 0 atom stereocenters. The van der Waals surface area contributed by atoms with Crippen molar-refractivity contribution in [3.05, 3.63) is 200 Å². The van der Waals surface area contributed by atoms with E-state index in [0.717, 1.165) is 38.8 Å². The lowest BCUT2D eigenvalue weighted by molar-refractivity contribution is 0.669. The first-order chi connectivity index (χ1) is 27.8. The molecule has 0 saturated heterocycles. The molecule has 2 heterocycles. The smallest absolute Gasteiger partial charge is 0.136 e. The van der Waals surface area contributed by atoms with E-state index in [-0.39, 0.29) is 0 Å². The minimum absolute atomic E-state index is 0.890. The van der Waals surface area contributed by atoms with E-state index in [1.54, 1.807) is 0 Å². The minimum atomic E-state index is 0.890. The molecule has 0 amide bonds. The van der Waals surface area contributed by atoms with Gasteiger partial charge in [-0.05, 0) is 114 Å². The quantitative estimate of drug-likeness (QED) is 0.166. The van der Waals surface area contributed by atoms with Crippen molar-refractivity contribution in [3.8, 4) is 39.1 Å². The van der Waals surface area contributed by atoms with E-state index in [9.17, 15) is 0 Å². The summed E-state index contributed by atoms with van der Waals surface area (Å²) in [6.45, 7) is 0. The zero-order chi connectivity index (χ0) is 36.7. The van der Waals surface area contributed by atoms with Crippen molar-refractivity contribution in [3.63, 3.8) is 0 Å². The highest BCUT2D eigenvalue weighted by Gasteiger charge is 2.20. The van der Waals surface area contributed by atoms with E-state index in [1.807, 2.05) is 0 Å². The van der Waals surface area contributed by atoms with Gasteiger partial charge in [-0.25, -0.2) is 0 Å². The monoisotopic (exact) mass is 711 g/mol. The molecular weight excluding hydrogens is 679 g/mol. The van der Waals surface area contributed by atoms with Gasteiger partial charge in [-0.1, -0.05) is 152 Å². The van der Waals surface area contributed by atoms with Crippen molar-refractivity contribution in [2.24, 2.45) is 0 Å². The molecule has 10 aromatic carbocycles. The van der Waals surface area contributed by atoms with Crippen molar-refractivity contribution in [1.82, 2.24) is 4.57 Å². The Bertz CT molecular complexity index is 3470. The first-order valence-electron chi connectivity index (χ1n) is 19.3. The summed E-state index contributed by atoms with van der Waals surface area (Å²) in [5, 5.41) is 12.2. The molecule has 0 aliphatic rings. The van der Waals surface area contributed by atoms with Gasteiger partial charge in [-0.15, -0.1) is 0 Å². The molecule has 0 bridgehead atoms. The number of aromatic nitrogens is 1. The van der Waals surface area contributed by atoms with E-state index in [1.165, 1.54) is 76.4 Å². The van der Waals surface area contributed by atoms with Gasteiger partial charge in [0.25, 0.3) is 0 Å². The molecule has 0 N–H and O–H groups in total. The second-order valence-corrected chi connectivity index (χ2v) is 14.8. The molecule has 2 heteroatoms. The standard InChI is InChI=1S/C54H33NO/c1-2-18-38(19-3-1)55-49-27-11-10-21-40(49)47-33-52-48(32-50(47)55)41-29-28-36(31-51(41)56-52)35-16-12-17-37(30-35)53-43-22-6-8-24-45(43)54(46-25-9-7-23-44(46)53)42-26-13-15-34-14-4-5-20-39(34)42/h1-33H. The third-order valence-electron chi connectivity index (χ3n) is 11.8. The second kappa shape index (κ2) is 12.0. The predicted molar refractivity (Wildman–Crippen MR) is 237 cm³/mol. The number of benzene rings is 10. The maximum atomic E-state index is 6.69. The Morgan fingerprint density at radius 1 is 0.304 bits per heavy atom. The van der Waals surface area contributed by atoms with Crippen LogP contribution < -0.4 is 0 Å². The van der Waals surface area contributed by atoms with Crippen LogP contribution in [-0.4, -0.2) is 4.57 Å². The Hall–Kier alpha value is -7.42. The number of hydrogen-bond donors (Lipinski definition) is 0. The summed E-state index contributed by atoms with van der Waals surface area (Å²) in [7, 11) is 0. The zero-order valence-electron chi connectivity index (χ0n) is 30.4. The predicted octanol–water partition coefficient (Wildman–Crippen LogP) is 15.1. The Morgan fingerprint density at radius 3 is 1.68 bits per heavy atom. The van der Waals surface area contributed by atoms with Crippen molar-refractivity contribution in [1.29, 1.82) is 0 Å². The number of rotatable bonds is 4. The summed E-state index contributed by atoms with van der Waals surface area (Å²) in [6, 6.07) is 72.7. The summed E-state index contributed by atoms with van der Waals surface area (Å²) in [5.41, 5.74) is 12.6. The highest BCUT2D eigenvalue weighted by Crippen LogP contribution is 2.46. The number of furan rings is 1. The average molecular weight is 712 g/mol. The van der Waals surface area contributed by atoms with Crippen LogP contribution in [0, 0.1) is 0 Å². The van der Waals surface area contributed by atoms with Crippen LogP contribution in [0.2, 0.25) is 0 Å². The molecule has 0 aliphatic heterocycles. The molecule has 0 radical (unpaired) electrons. The van der Waals surface area contributed by atoms with Gasteiger partial charge in [0, 0.05) is 27.2 Å². The summed E-state index contributed by atoms with van der Waals surface area (Å²) in [5.74, 6) is 0. The molecule has 260 valence electrons. The number of fused-ring (bicyclic) bond motifs is 9. The van der Waals surface area contributed by atoms with Crippen LogP contribution in [-0.2, 0) is 0 Å². The first kappa shape index (κ1) is 31.0. The van der Waals surface area contributed by atoms with Crippen LogP contribution in [0.25, 0.3) is 115 Å². The highest BCUT2D eigenvalue weighted by atomic mass is 16.3. The minimum Gasteiger partial charge on any atom is -0.456 e. The fraction of sp³-hybridized carbons (Fsp3) is 0. The lowest BCUT2D eigenvalue weighted by Gasteiger charge is -2.19. The third-order valence-corrected chi connectivity index (χ3v) is 11.8. The molecule has 0 fully saturated rings. The second-order valence-electron chi connectivity index (χ2n) is 14.8. The number of para-hydroxylation sites is 2. The van der Waals surface area contributed by atoms with Crippen molar-refractivity contribution in [2.45, 2.75) is 0 Å². The molecule has 0 saturated carbocycles. The molecule has 0 unspecified atom stereocenters. The molecule has 0 spiro atoms. The van der Waals surface area contributed by atoms with Gasteiger partial charge >= 0.3 is 0 Å². The van der Waals surface area contributed by atoms with Gasteiger partial charge < -0.3 is 8.98 Å². The van der Waals surface area contributed by atoms with E-state index in [4.69, 9.17) is 4.42 Å². The fourth-order valence-corrected chi connectivity index (χ4v) is 9.30. The van der Waals surface area contributed by atoms with Crippen molar-refractivity contribution >= 4 is 76.1 Å². The molecule has 0 aliphatic carbocycles. The molecular formula is C54H33NO. The maximum Gasteiger partial charge on any atom is 0.136 e. The zero-order valence-corrected chi connectivity index (χ0v) is 30.4. The van der Waals surface area contributed by atoms with Gasteiger partial charge in [0.05, 0.1) is 11.0 Å². The summed E-state index contributed by atoms with van der Waals surface area (Å²) < 4.78 is 9.06. The van der Waals surface area contributed by atoms with Gasteiger partial charge in [-0.2, -0.15) is 0 Å². The van der Waals surface area contributed by atoms with E-state index >= 15 is 0 Å². The maximum absolute atomic E-state index is 6.69. The van der Waals surface area contributed by atoms with Crippen molar-refractivity contribution < 1.29 is 4.42 Å². The van der Waals surface area contributed by atoms with Crippen LogP contribution >= 0.6 is 0 Å². The molecule has 2 aromatic heterocycles. The highest BCUT2D eigenvalue weighted by molar-refractivity contribution is 6.24. The Morgan fingerprint density at radius 2 is 0.893 bits per heavy atom. The third kappa shape index (κ3) is 4.57. The molecule has 12 rings (SSSR count). The van der Waals surface area contributed by atoms with Crippen LogP contribution in [0.4, 0.5) is 0 Å². The van der Waals surface area contributed by atoms with Crippen LogP contribution in [0.5, 0.6) is 0 Å². The van der Waals surface area contributed by atoms with E-state index < -0.39 is 0 Å². The number of hydrogen-bond acceptors (Lipinski definition) is 1. The fourth-order valence-electron chi connectivity index (χ4n) is 9.30. The summed E-state index contributed by atoms with van der Waals surface area (Å²) in [4.78, 5) is 0. The topological polar surface area (TPSA) is 18.1 Å². The number of nitrogens with zero attached hydrogens (tertiary/aromatic N) is 1. The SMILES string of the molecule is c1ccc(-n2c3ccccc3c3cc4oc5cc(-c6cccc(-c7c8ccccc8c(-c8cccc9ccccc89)c8ccccc78)c6)ccc5c4cc32)cc1. The summed E-state index contributed by atoms with van der Waals surface area (Å²) in [6.07, 6.45) is 0. The molecule has 56 heavy (non-hydrogen) atoms. The van der Waals surface area contributed by atoms with Crippen molar-refractivity contribution in [2.75, 3.05) is 0 Å². The first-order valence-corrected chi connectivity index (χ1v) is 19.3. The lowest BCUT2D eigenvalue weighted by atomic mass is 9.84. The van der Waals surface area contributed by atoms with Gasteiger partial charge in [0.15, 0.2) is 0 Å². The molecule has 2 nitrogen and oxygen atoms in total. The van der Waals surface area contributed by atoms with Gasteiger partial charge in [0.1, 0.15) is 11.2 Å². The average Bonchev–Trinajstić information content (AvgIpc) is 3.79. The Labute approximate surface area is 323 Å². The van der Waals surface area contributed by atoms with Gasteiger partial charge in [0.2, 0.25) is 0 Å². The molecule has 12 aromatic rings. The Balaban J connectivity index is 1.03. The van der Waals surface area contributed by atoms with Crippen LogP contribution in [0.3, 0.4) is 0 Å². The lowest BCUT2D eigenvalue weighted by Crippen LogP contribution is -1.92. The van der Waals surface area contributed by atoms with Crippen LogP contribution in [0.1, 0.15) is 0 Å². The van der Waals surface area contributed by atoms with E-state index in [0.29, 0.717) is 0 Å². The summed E-state index contributed by atoms with van der Waals surface area (Å²) >= 11 is 0. The largest absolute Gasteiger partial charge is 0.456 e. The van der Waals surface area contributed by atoms with Crippen LogP contribution in [0.15, 0.2) is 205 Å². The Kier molecular flexibility index (Phi) is 6.66.